The zero-order valence-electron chi connectivity index (χ0n) is 39.3. The Hall–Kier alpha value is -1.79. The normalized spacial score (nSPS) is 50.0. The zero-order valence-corrected chi connectivity index (χ0v) is 16.3. The highest BCUT2D eigenvalue weighted by Crippen LogP contribution is 2.44. The Morgan fingerprint density at radius 1 is 1.43 bits per heavy atom. The molecule has 0 radical (unpaired) electrons. The molecule has 1 saturated heterocycles. The Balaban J connectivity index is 2.52. The van der Waals surface area contributed by atoms with Crippen LogP contribution >= 0.6 is 0 Å². The van der Waals surface area contributed by atoms with Crippen LogP contribution in [0.15, 0.2) is 12.1 Å². The maximum Gasteiger partial charge on any atom is 0.323 e. The molecule has 2 aliphatic rings. The predicted molar refractivity (Wildman–Crippen MR) is 118 cm³/mol. The summed E-state index contributed by atoms with van der Waals surface area (Å²) in [6.45, 7) is -16.2. The second kappa shape index (κ2) is 9.56. The number of carbonyl (C=O) groups is 1. The lowest BCUT2D eigenvalue weighted by Crippen LogP contribution is -2.51. The van der Waals surface area contributed by atoms with Crippen LogP contribution in [0.5, 0.6) is 11.5 Å². The minimum absolute atomic E-state index is 0.0991. The summed E-state index contributed by atoms with van der Waals surface area (Å²) in [4.78, 5) is 14.1. The molecule has 1 aromatic carbocycles. The van der Waals surface area contributed by atoms with E-state index in [1.807, 2.05) is 0 Å². The molecule has 0 saturated carbocycles. The molecule has 0 aromatic heterocycles. The summed E-state index contributed by atoms with van der Waals surface area (Å²) >= 11 is 0. The topological polar surface area (TPSA) is 74.0 Å². The molecule has 168 valence electrons. The van der Waals surface area contributed by atoms with E-state index in [9.17, 15) is 13.0 Å². The molecule has 2 heterocycles. The van der Waals surface area contributed by atoms with Crippen LogP contribution < -0.4 is 15.2 Å². The molecule has 1 aromatic rings. The third-order valence-corrected chi connectivity index (χ3v) is 4.45. The molecule has 6 heteroatoms. The first-order valence-corrected chi connectivity index (χ1v) is 8.80. The van der Waals surface area contributed by atoms with Gasteiger partial charge in [-0.1, -0.05) is 27.5 Å². The van der Waals surface area contributed by atoms with Crippen LogP contribution in [-0.4, -0.2) is 50.2 Å². The second-order valence-electron chi connectivity index (χ2n) is 6.51. The van der Waals surface area contributed by atoms with Gasteiger partial charge in [0.05, 0.1) is 21.0 Å². The minimum atomic E-state index is -4.30. The lowest BCUT2D eigenvalue weighted by molar-refractivity contribution is -0.160. The largest absolute Gasteiger partial charge is 0.493 e. The van der Waals surface area contributed by atoms with Crippen molar-refractivity contribution < 1.29 is 50.5 Å². The summed E-state index contributed by atoms with van der Waals surface area (Å²) in [5, 5.41) is 0. The van der Waals surface area contributed by atoms with Crippen molar-refractivity contribution in [3.05, 3.63) is 23.3 Å². The summed E-state index contributed by atoms with van der Waals surface area (Å²) in [6.07, 6.45) is -12.0. The summed E-state index contributed by atoms with van der Waals surface area (Å²) < 4.78 is 207. The van der Waals surface area contributed by atoms with Gasteiger partial charge in [-0.3, -0.25) is 9.69 Å². The summed E-state index contributed by atoms with van der Waals surface area (Å²) in [5.41, 5.74) is 4.97. The van der Waals surface area contributed by atoms with Gasteiger partial charge in [-0.2, -0.15) is 0 Å². The van der Waals surface area contributed by atoms with Crippen LogP contribution in [0, 0.1) is 17.7 Å². The molecule has 2 aliphatic heterocycles. The number of ether oxygens (including phenoxy) is 3. The molecule has 0 bridgehead atoms. The molecule has 0 spiro atoms. The highest BCUT2D eigenvalue weighted by molar-refractivity contribution is 5.76. The van der Waals surface area contributed by atoms with Crippen molar-refractivity contribution in [2.45, 2.75) is 64.8 Å². The number of rotatable bonds is 7. The third kappa shape index (κ3) is 4.75. The van der Waals surface area contributed by atoms with Crippen molar-refractivity contribution in [3.8, 4) is 11.5 Å². The fourth-order valence-electron chi connectivity index (χ4n) is 3.08. The third-order valence-electron chi connectivity index (χ3n) is 4.45. The maximum absolute atomic E-state index is 13.8. The fourth-order valence-corrected chi connectivity index (χ4v) is 3.08. The minimum Gasteiger partial charge on any atom is -0.493 e. The van der Waals surface area contributed by atoms with Gasteiger partial charge < -0.3 is 19.9 Å². The summed E-state index contributed by atoms with van der Waals surface area (Å²) in [5.74, 6) is -15.6. The van der Waals surface area contributed by atoms with Crippen molar-refractivity contribution in [2.75, 3.05) is 27.2 Å². The molecule has 5 atom stereocenters. The highest BCUT2D eigenvalue weighted by Gasteiger charge is 2.41. The van der Waals surface area contributed by atoms with Crippen LogP contribution in [-0.2, 0) is 16.0 Å². The number of benzene rings is 1. The number of esters is 1. The number of hydrogen-bond donors (Lipinski definition) is 1. The van der Waals surface area contributed by atoms with Gasteiger partial charge in [0.15, 0.2) is 11.5 Å². The molecule has 6 nitrogen and oxygen atoms in total. The maximum atomic E-state index is 13.8. The van der Waals surface area contributed by atoms with Crippen LogP contribution in [0.3, 0.4) is 0 Å². The Bertz CT molecular complexity index is 1590. The molecule has 4 unspecified atom stereocenters. The van der Waals surface area contributed by atoms with Crippen molar-refractivity contribution in [1.29, 1.82) is 0 Å². The van der Waals surface area contributed by atoms with Crippen molar-refractivity contribution >= 4 is 5.97 Å². The lowest BCUT2D eigenvalue weighted by atomic mass is 9.79. The van der Waals surface area contributed by atoms with Gasteiger partial charge in [-0.05, 0) is 47.8 Å². The zero-order chi connectivity index (χ0) is 42.0. The number of piperidine rings is 1. The van der Waals surface area contributed by atoms with E-state index < -0.39 is 112 Å². The number of hydrogen-bond acceptors (Lipinski definition) is 6. The number of fused-ring (bicyclic) bond motifs is 3. The van der Waals surface area contributed by atoms with E-state index >= 15 is 0 Å². The van der Waals surface area contributed by atoms with Crippen molar-refractivity contribution in [3.63, 3.8) is 0 Å². The van der Waals surface area contributed by atoms with Crippen LogP contribution in [0.1, 0.15) is 88.9 Å². The van der Waals surface area contributed by atoms with Crippen LogP contribution in [0.4, 0.5) is 0 Å². The van der Waals surface area contributed by atoms with Crippen LogP contribution in [0.25, 0.3) is 0 Å². The van der Waals surface area contributed by atoms with Gasteiger partial charge in [0, 0.05) is 56.0 Å². The summed E-state index contributed by atoms with van der Waals surface area (Å²) in [7, 11) is -2.03. The van der Waals surface area contributed by atoms with E-state index in [-0.39, 0.29) is 12.0 Å². The quantitative estimate of drug-likeness (QED) is 0.652. The number of methoxy groups -OCH3 is 2. The van der Waals surface area contributed by atoms with E-state index in [2.05, 4.69) is 0 Å². The Morgan fingerprint density at radius 2 is 2.23 bits per heavy atom. The first-order chi connectivity index (χ1) is 23.1. The van der Waals surface area contributed by atoms with Gasteiger partial charge in [0.1, 0.15) is 12.1 Å². The van der Waals surface area contributed by atoms with Gasteiger partial charge in [-0.15, -0.1) is 0 Å². The average molecular weight is 442 g/mol. The van der Waals surface area contributed by atoms with E-state index in [0.29, 0.717) is 11.8 Å². The molecule has 30 heavy (non-hydrogen) atoms. The number of carbonyl (C=O) groups excluding carboxylic acids is 1. The van der Waals surface area contributed by atoms with E-state index in [4.69, 9.17) is 43.2 Å². The molecule has 0 aliphatic carbocycles. The van der Waals surface area contributed by atoms with Gasteiger partial charge in [0.2, 0.25) is 0 Å². The van der Waals surface area contributed by atoms with E-state index in [1.165, 1.54) is 0 Å². The van der Waals surface area contributed by atoms with Gasteiger partial charge in [0.25, 0.3) is 0 Å². The van der Waals surface area contributed by atoms with Crippen LogP contribution in [0.2, 0.25) is 0 Å². The SMILES string of the molecule is [2H]C([2H])([2H])Oc1cc2c(cc1OC)C1([2H])N(CC2)C([2H])([2H])C([2H])(C([2H])([2H])C([2H])(C)C([2H])([2H])[2H])C(OC(=O)[C@@]([2H])(N)C([2H])(C([2H])([2H])[2H])C([2H])([2H])[2H])C1([2H])[2H]. The Morgan fingerprint density at radius 3 is 2.93 bits per heavy atom. The smallest absolute Gasteiger partial charge is 0.323 e. The molecule has 3 rings (SSSR count). The fraction of sp³-hybridized carbons (Fsp3) is 0.708. The summed E-state index contributed by atoms with van der Waals surface area (Å²) in [6, 6.07) is -5.71. The second-order valence-corrected chi connectivity index (χ2v) is 6.51. The van der Waals surface area contributed by atoms with Gasteiger partial charge in [-0.25, -0.2) is 0 Å². The van der Waals surface area contributed by atoms with Crippen molar-refractivity contribution in [2.24, 2.45) is 23.4 Å². The molecular weight excluding hydrogens is 380 g/mol. The molecule has 0 amide bonds. The number of nitrogens with zero attached hydrogens (tertiary/aromatic N) is 1. The Labute approximate surface area is 213 Å². The van der Waals surface area contributed by atoms with E-state index in [0.717, 1.165) is 19.2 Å². The Kier molecular flexibility index (Phi) is 2.35. The molecular formula is C24H38N2O4. The van der Waals surface area contributed by atoms with E-state index in [1.54, 1.807) is 0 Å². The van der Waals surface area contributed by atoms with Gasteiger partial charge >= 0.3 is 5.97 Å². The molecule has 2 N–H and O–H groups in total. The first-order valence-electron chi connectivity index (χ1n) is 20.3. The monoisotopic (exact) mass is 441 g/mol. The standard InChI is InChI=1S/C24H38N2O4/c1-14(2)9-17-13-26-8-7-16-10-21(28-5)22(29-6)11-18(16)19(26)12-20(17)30-24(27)23(25)15(3)4/h10-11,14-15,17,19-20,23H,7-9,12-13,25H2,1-6H3/t17?,19?,20?,23-/m0/s1/i1D3,3D3,4D3,5D3,9D2,12D2,13D2,14D,15D,17D,19D,23D/t14?,17?,19?,20?,23-. The average Bonchev–Trinajstić information content (AvgIpc) is 2.94. The number of nitrogens with two attached hydrogens (primary N) is 1. The highest BCUT2D eigenvalue weighted by atomic mass is 16.5. The predicted octanol–water partition coefficient (Wildman–Crippen LogP) is 3.56. The molecule has 1 fully saturated rings. The lowest BCUT2D eigenvalue weighted by Gasteiger charge is -2.47. The first kappa shape index (κ1) is 7.38. The van der Waals surface area contributed by atoms with Crippen molar-refractivity contribution in [1.82, 2.24) is 4.90 Å².